The second-order valence-corrected chi connectivity index (χ2v) is 4.12. The van der Waals surface area contributed by atoms with Gasteiger partial charge in [-0.05, 0) is 42.5 Å². The highest BCUT2D eigenvalue weighted by molar-refractivity contribution is 6.32. The molecule has 0 saturated heterocycles. The Labute approximate surface area is 112 Å². The molecule has 0 heterocycles. The first-order valence-corrected chi connectivity index (χ1v) is 5.56. The van der Waals surface area contributed by atoms with Crippen molar-refractivity contribution in [2.45, 2.75) is 6.18 Å². The van der Waals surface area contributed by atoms with Crippen molar-refractivity contribution in [2.24, 2.45) is 0 Å². The Balaban J connectivity index is 2.24. The summed E-state index contributed by atoms with van der Waals surface area (Å²) in [4.78, 5) is 0. The summed E-state index contributed by atoms with van der Waals surface area (Å²) in [6.07, 6.45) is -4.45. The van der Waals surface area contributed by atoms with E-state index in [2.05, 4.69) is 0 Å². The molecule has 0 spiro atoms. The van der Waals surface area contributed by atoms with Crippen LogP contribution in [0.4, 0.5) is 13.2 Å². The first kappa shape index (κ1) is 13.5. The number of hydrogen-bond donors (Lipinski definition) is 0. The van der Waals surface area contributed by atoms with Crippen molar-refractivity contribution in [2.75, 3.05) is 0 Å². The van der Waals surface area contributed by atoms with Gasteiger partial charge >= 0.3 is 6.18 Å². The molecule has 2 aromatic rings. The van der Waals surface area contributed by atoms with Crippen molar-refractivity contribution in [3.8, 4) is 17.2 Å². The highest BCUT2D eigenvalue weighted by atomic mass is 35.5. The van der Waals surface area contributed by atoms with E-state index in [1.165, 1.54) is 24.3 Å². The van der Waals surface area contributed by atoms with Gasteiger partial charge in [0.2, 0.25) is 0 Å². The van der Waals surface area contributed by atoms with E-state index in [1.54, 1.807) is 0 Å². The van der Waals surface area contributed by atoms with Crippen LogP contribution in [0, 0.1) is 0 Å². The first-order chi connectivity index (χ1) is 8.86. The summed E-state index contributed by atoms with van der Waals surface area (Å²) >= 11 is 5.73. The molecule has 0 unspecified atom stereocenters. The zero-order chi connectivity index (χ0) is 14.0. The van der Waals surface area contributed by atoms with Crippen LogP contribution in [0.1, 0.15) is 5.56 Å². The topological polar surface area (TPSA) is 29.1 Å². The fraction of sp³-hybridized carbons (Fsp3) is 0.0769. The number of alkyl halides is 3. The van der Waals surface area contributed by atoms with Crippen molar-refractivity contribution >= 4 is 11.6 Å². The second kappa shape index (κ2) is 5.01. The minimum Gasteiger partial charge on any atom is -0.456 e. The Morgan fingerprint density at radius 1 is 1.00 bits per heavy atom. The molecule has 0 amide bonds. The predicted octanol–water partition coefficient (Wildman–Crippen LogP) is 5.29. The van der Waals surface area contributed by atoms with Crippen molar-refractivity contribution in [1.82, 2.24) is 0 Å². The summed E-state index contributed by atoms with van der Waals surface area (Å²) in [5.74, 6) is 0.223. The lowest BCUT2D eigenvalue weighted by atomic mass is 10.2. The van der Waals surface area contributed by atoms with Gasteiger partial charge < -0.3 is 4.74 Å². The summed E-state index contributed by atoms with van der Waals surface area (Å²) in [5.41, 5.74) is -0.847. The molecule has 0 saturated carbocycles. The zero-order valence-corrected chi connectivity index (χ0v) is 10.1. The average molecular weight is 288 g/mol. The quantitative estimate of drug-likeness (QED) is 0.737. The van der Waals surface area contributed by atoms with Gasteiger partial charge in [-0.25, -0.2) is 0 Å². The number of rotatable bonds is 2. The van der Waals surface area contributed by atoms with Gasteiger partial charge in [-0.3, -0.25) is 5.11 Å². The molecule has 0 aliphatic carbocycles. The Morgan fingerprint density at radius 3 is 2.16 bits per heavy atom. The lowest BCUT2D eigenvalue weighted by molar-refractivity contribution is -0.137. The molecule has 0 fully saturated rings. The summed E-state index contributed by atoms with van der Waals surface area (Å²) in [6.45, 7) is 0. The number of hydrogen-bond acceptors (Lipinski definition) is 1. The van der Waals surface area contributed by atoms with Crippen molar-refractivity contribution in [1.29, 1.82) is 0 Å². The molecule has 19 heavy (non-hydrogen) atoms. The van der Waals surface area contributed by atoms with Crippen LogP contribution in [-0.4, -0.2) is 0 Å². The second-order valence-electron chi connectivity index (χ2n) is 3.72. The molecule has 0 aromatic heterocycles. The van der Waals surface area contributed by atoms with Crippen LogP contribution in [0.2, 0.25) is 5.02 Å². The molecule has 0 aliphatic heterocycles. The summed E-state index contributed by atoms with van der Waals surface area (Å²) in [5, 5.41) is 10.7. The van der Waals surface area contributed by atoms with Gasteiger partial charge in [0.05, 0.1) is 10.6 Å². The number of benzene rings is 2. The van der Waals surface area contributed by atoms with Gasteiger partial charge in [-0.1, -0.05) is 11.6 Å². The minimum atomic E-state index is -4.45. The van der Waals surface area contributed by atoms with Crippen LogP contribution in [0.5, 0.6) is 17.2 Å². The van der Waals surface area contributed by atoms with Gasteiger partial charge in [0.1, 0.15) is 11.5 Å². The zero-order valence-electron chi connectivity index (χ0n) is 9.37. The van der Waals surface area contributed by atoms with Crippen LogP contribution < -0.4 is 4.74 Å². The van der Waals surface area contributed by atoms with Crippen molar-refractivity contribution < 1.29 is 23.0 Å². The van der Waals surface area contributed by atoms with Crippen molar-refractivity contribution in [3.63, 3.8) is 0 Å². The van der Waals surface area contributed by atoms with Crippen LogP contribution in [0.25, 0.3) is 0 Å². The monoisotopic (exact) mass is 287 g/mol. The Kier molecular flexibility index (Phi) is 3.57. The molecule has 1 radical (unpaired) electrons. The highest BCUT2D eigenvalue weighted by Gasteiger charge is 2.31. The SMILES string of the molecule is [O]c1ccc(Oc2ccc(C(F)(F)F)cc2Cl)cc1. The molecule has 0 aliphatic rings. The van der Waals surface area contributed by atoms with Crippen LogP contribution in [-0.2, 0) is 11.3 Å². The molecule has 0 N–H and O–H groups in total. The van der Waals surface area contributed by atoms with E-state index in [0.29, 0.717) is 5.75 Å². The maximum Gasteiger partial charge on any atom is 0.416 e. The van der Waals surface area contributed by atoms with E-state index in [4.69, 9.17) is 16.3 Å². The van der Waals surface area contributed by atoms with Crippen LogP contribution in [0.3, 0.4) is 0 Å². The van der Waals surface area contributed by atoms with E-state index in [0.717, 1.165) is 18.2 Å². The van der Waals surface area contributed by atoms with E-state index >= 15 is 0 Å². The fourth-order valence-corrected chi connectivity index (χ4v) is 1.61. The fourth-order valence-electron chi connectivity index (χ4n) is 1.39. The molecule has 0 atom stereocenters. The lowest BCUT2D eigenvalue weighted by Crippen LogP contribution is -2.04. The summed E-state index contributed by atoms with van der Waals surface area (Å²) in [7, 11) is 0. The Hall–Kier alpha value is -1.88. The van der Waals surface area contributed by atoms with Gasteiger partial charge in [-0.2, -0.15) is 13.2 Å². The molecule has 0 bridgehead atoms. The van der Waals surface area contributed by atoms with E-state index in [1.807, 2.05) is 0 Å². The lowest BCUT2D eigenvalue weighted by Gasteiger charge is -2.11. The standard InChI is InChI=1S/C13H7ClF3O2/c14-11-7-8(13(15,16)17)1-6-12(11)19-10-4-2-9(18)3-5-10/h1-7H. The molecule has 2 nitrogen and oxygen atoms in total. The third-order valence-corrected chi connectivity index (χ3v) is 2.61. The molecule has 99 valence electrons. The van der Waals surface area contributed by atoms with Gasteiger partial charge in [0, 0.05) is 0 Å². The smallest absolute Gasteiger partial charge is 0.416 e. The summed E-state index contributed by atoms with van der Waals surface area (Å²) < 4.78 is 42.6. The molecular weight excluding hydrogens is 281 g/mol. The average Bonchev–Trinajstić information content (AvgIpc) is 2.33. The molecule has 6 heteroatoms. The predicted molar refractivity (Wildman–Crippen MR) is 63.1 cm³/mol. The number of halogens is 4. The van der Waals surface area contributed by atoms with Crippen molar-refractivity contribution in [3.05, 3.63) is 53.1 Å². The van der Waals surface area contributed by atoms with E-state index in [-0.39, 0.29) is 16.5 Å². The van der Waals surface area contributed by atoms with E-state index < -0.39 is 11.7 Å². The minimum absolute atomic E-state index is 0.0910. The third-order valence-electron chi connectivity index (χ3n) is 2.31. The molecule has 2 rings (SSSR count). The Bertz CT molecular complexity index is 579. The summed E-state index contributed by atoms with van der Waals surface area (Å²) in [6, 6.07) is 8.20. The maximum atomic E-state index is 12.4. The molecule has 2 aromatic carbocycles. The van der Waals surface area contributed by atoms with E-state index in [9.17, 15) is 18.3 Å². The Morgan fingerprint density at radius 2 is 1.63 bits per heavy atom. The first-order valence-electron chi connectivity index (χ1n) is 5.18. The van der Waals surface area contributed by atoms with Gasteiger partial charge in [0.15, 0.2) is 5.75 Å². The van der Waals surface area contributed by atoms with Crippen LogP contribution in [0.15, 0.2) is 42.5 Å². The highest BCUT2D eigenvalue weighted by Crippen LogP contribution is 2.36. The molecular formula is C13H7ClF3O2. The largest absolute Gasteiger partial charge is 0.456 e. The van der Waals surface area contributed by atoms with Crippen LogP contribution >= 0.6 is 11.6 Å². The van der Waals surface area contributed by atoms with Gasteiger partial charge in [-0.15, -0.1) is 0 Å². The number of ether oxygens (including phenoxy) is 1. The normalized spacial score (nSPS) is 11.4. The third kappa shape index (κ3) is 3.32. The van der Waals surface area contributed by atoms with Gasteiger partial charge in [0.25, 0.3) is 0 Å². The maximum absolute atomic E-state index is 12.4.